The Balaban J connectivity index is 2.33. The fourth-order valence-corrected chi connectivity index (χ4v) is 2.02. The standard InChI is InChI=1S/C13H27N3O/c1-4-13(2,3)12(17)15-11-5-8-16(9-6-11)10-7-14/h11H,4-10,14H2,1-3H3,(H,15,17). The topological polar surface area (TPSA) is 58.4 Å². The van der Waals surface area contributed by atoms with Crippen molar-refractivity contribution < 1.29 is 4.79 Å². The third-order valence-corrected chi connectivity index (χ3v) is 3.87. The zero-order valence-electron chi connectivity index (χ0n) is 11.5. The van der Waals surface area contributed by atoms with E-state index in [1.165, 1.54) is 0 Å². The number of rotatable bonds is 5. The minimum atomic E-state index is -0.242. The number of piperidine rings is 1. The predicted octanol–water partition coefficient (Wildman–Crippen LogP) is 0.962. The number of nitrogens with two attached hydrogens (primary N) is 1. The van der Waals surface area contributed by atoms with E-state index in [1.54, 1.807) is 0 Å². The highest BCUT2D eigenvalue weighted by Crippen LogP contribution is 2.21. The van der Waals surface area contributed by atoms with E-state index in [0.717, 1.165) is 45.4 Å². The van der Waals surface area contributed by atoms with Crippen LogP contribution in [0, 0.1) is 5.41 Å². The first-order chi connectivity index (χ1) is 7.99. The average Bonchev–Trinajstić information content (AvgIpc) is 2.32. The van der Waals surface area contributed by atoms with E-state index >= 15 is 0 Å². The molecule has 4 nitrogen and oxygen atoms in total. The van der Waals surface area contributed by atoms with Gasteiger partial charge in [0.25, 0.3) is 0 Å². The molecule has 0 aromatic carbocycles. The second kappa shape index (κ2) is 6.36. The third-order valence-electron chi connectivity index (χ3n) is 3.87. The summed E-state index contributed by atoms with van der Waals surface area (Å²) in [6.45, 7) is 9.87. The number of hydrogen-bond acceptors (Lipinski definition) is 3. The molecule has 0 spiro atoms. The molecular weight excluding hydrogens is 214 g/mol. The number of nitrogens with zero attached hydrogens (tertiary/aromatic N) is 1. The van der Waals surface area contributed by atoms with Crippen LogP contribution in [0.1, 0.15) is 40.0 Å². The molecule has 4 heteroatoms. The van der Waals surface area contributed by atoms with Gasteiger partial charge in [0.1, 0.15) is 0 Å². The molecule has 0 atom stereocenters. The van der Waals surface area contributed by atoms with Gasteiger partial charge in [-0.25, -0.2) is 0 Å². The normalized spacial score (nSPS) is 19.3. The molecule has 3 N–H and O–H groups in total. The smallest absolute Gasteiger partial charge is 0.225 e. The number of likely N-dealkylation sites (tertiary alicyclic amines) is 1. The van der Waals surface area contributed by atoms with Gasteiger partial charge in [0.2, 0.25) is 5.91 Å². The van der Waals surface area contributed by atoms with Gasteiger partial charge in [-0.1, -0.05) is 20.8 Å². The van der Waals surface area contributed by atoms with E-state index in [2.05, 4.69) is 17.1 Å². The maximum atomic E-state index is 12.0. The Morgan fingerprint density at radius 2 is 2.00 bits per heavy atom. The third kappa shape index (κ3) is 4.28. The Morgan fingerprint density at radius 3 is 2.47 bits per heavy atom. The highest BCUT2D eigenvalue weighted by atomic mass is 16.2. The van der Waals surface area contributed by atoms with Crippen LogP contribution in [0.15, 0.2) is 0 Å². The molecule has 1 aliphatic rings. The summed E-state index contributed by atoms with van der Waals surface area (Å²) in [6, 6.07) is 0.349. The minimum absolute atomic E-state index is 0.192. The Kier molecular flexibility index (Phi) is 5.40. The van der Waals surface area contributed by atoms with Crippen LogP contribution >= 0.6 is 0 Å². The van der Waals surface area contributed by atoms with Crippen molar-refractivity contribution >= 4 is 5.91 Å². The lowest BCUT2D eigenvalue weighted by molar-refractivity contribution is -0.130. The molecule has 1 heterocycles. The second-order valence-corrected chi connectivity index (χ2v) is 5.62. The van der Waals surface area contributed by atoms with E-state index in [4.69, 9.17) is 5.73 Å². The summed E-state index contributed by atoms with van der Waals surface area (Å²) in [4.78, 5) is 14.4. The lowest BCUT2D eigenvalue weighted by Crippen LogP contribution is -2.48. The Hall–Kier alpha value is -0.610. The molecule has 0 aliphatic carbocycles. The quantitative estimate of drug-likeness (QED) is 0.754. The number of nitrogens with one attached hydrogen (secondary N) is 1. The van der Waals surface area contributed by atoms with Crippen molar-refractivity contribution in [3.63, 3.8) is 0 Å². The monoisotopic (exact) mass is 241 g/mol. The maximum absolute atomic E-state index is 12.0. The van der Waals surface area contributed by atoms with E-state index in [-0.39, 0.29) is 11.3 Å². The van der Waals surface area contributed by atoms with Gasteiger partial charge < -0.3 is 16.0 Å². The van der Waals surface area contributed by atoms with Crippen molar-refractivity contribution in [2.45, 2.75) is 46.1 Å². The summed E-state index contributed by atoms with van der Waals surface area (Å²) in [6.07, 6.45) is 2.97. The molecule has 1 fully saturated rings. The van der Waals surface area contributed by atoms with Gasteiger partial charge >= 0.3 is 0 Å². The molecule has 0 bridgehead atoms. The van der Waals surface area contributed by atoms with E-state index in [1.807, 2.05) is 13.8 Å². The van der Waals surface area contributed by atoms with E-state index in [9.17, 15) is 4.79 Å². The van der Waals surface area contributed by atoms with Crippen molar-refractivity contribution in [1.29, 1.82) is 0 Å². The number of carbonyl (C=O) groups excluding carboxylic acids is 1. The number of hydrogen-bond donors (Lipinski definition) is 2. The molecule has 0 radical (unpaired) electrons. The van der Waals surface area contributed by atoms with Crippen molar-refractivity contribution in [1.82, 2.24) is 10.2 Å². The van der Waals surface area contributed by atoms with Crippen molar-refractivity contribution in [3.8, 4) is 0 Å². The first-order valence-electron chi connectivity index (χ1n) is 6.73. The molecule has 0 unspecified atom stereocenters. The summed E-state index contributed by atoms with van der Waals surface area (Å²) in [5, 5.41) is 3.18. The molecule has 1 aliphatic heterocycles. The summed E-state index contributed by atoms with van der Waals surface area (Å²) >= 11 is 0. The number of carbonyl (C=O) groups is 1. The van der Waals surface area contributed by atoms with Gasteiger partial charge in [0.05, 0.1) is 0 Å². The molecule has 100 valence electrons. The van der Waals surface area contributed by atoms with Crippen molar-refractivity contribution in [2.24, 2.45) is 11.1 Å². The SMILES string of the molecule is CCC(C)(C)C(=O)NC1CCN(CCN)CC1. The summed E-state index contributed by atoms with van der Waals surface area (Å²) in [5.41, 5.74) is 5.30. The molecule has 1 rings (SSSR count). The number of amides is 1. The van der Waals surface area contributed by atoms with Crippen molar-refractivity contribution in [2.75, 3.05) is 26.2 Å². The lowest BCUT2D eigenvalue weighted by atomic mass is 9.88. The van der Waals surface area contributed by atoms with Crippen LogP contribution in [0.2, 0.25) is 0 Å². The average molecular weight is 241 g/mol. The Bertz CT molecular complexity index is 245. The van der Waals surface area contributed by atoms with Crippen LogP contribution in [0.3, 0.4) is 0 Å². The first-order valence-corrected chi connectivity index (χ1v) is 6.73. The second-order valence-electron chi connectivity index (χ2n) is 5.62. The molecule has 1 amide bonds. The largest absolute Gasteiger partial charge is 0.353 e. The van der Waals surface area contributed by atoms with Crippen LogP contribution in [-0.4, -0.2) is 43.0 Å². The highest BCUT2D eigenvalue weighted by molar-refractivity contribution is 5.81. The van der Waals surface area contributed by atoms with Crippen LogP contribution in [0.5, 0.6) is 0 Å². The van der Waals surface area contributed by atoms with Gasteiger partial charge in [-0.05, 0) is 19.3 Å². The molecule has 17 heavy (non-hydrogen) atoms. The summed E-state index contributed by atoms with van der Waals surface area (Å²) < 4.78 is 0. The van der Waals surface area contributed by atoms with Gasteiger partial charge in [0, 0.05) is 37.6 Å². The molecular formula is C13H27N3O. The fourth-order valence-electron chi connectivity index (χ4n) is 2.02. The summed E-state index contributed by atoms with van der Waals surface area (Å²) in [7, 11) is 0. The van der Waals surface area contributed by atoms with Gasteiger partial charge in [-0.3, -0.25) is 4.79 Å². The fraction of sp³-hybridized carbons (Fsp3) is 0.923. The zero-order chi connectivity index (χ0) is 12.9. The Labute approximate surface area is 105 Å². The summed E-state index contributed by atoms with van der Waals surface area (Å²) in [5.74, 6) is 0.192. The molecule has 0 saturated carbocycles. The van der Waals surface area contributed by atoms with E-state index in [0.29, 0.717) is 6.04 Å². The Morgan fingerprint density at radius 1 is 1.41 bits per heavy atom. The first kappa shape index (κ1) is 14.5. The minimum Gasteiger partial charge on any atom is -0.353 e. The van der Waals surface area contributed by atoms with Crippen molar-refractivity contribution in [3.05, 3.63) is 0 Å². The predicted molar refractivity (Wildman–Crippen MR) is 70.7 cm³/mol. The maximum Gasteiger partial charge on any atom is 0.225 e. The highest BCUT2D eigenvalue weighted by Gasteiger charge is 2.28. The zero-order valence-corrected chi connectivity index (χ0v) is 11.5. The molecule has 0 aromatic rings. The van der Waals surface area contributed by atoms with Crippen LogP contribution in [0.4, 0.5) is 0 Å². The van der Waals surface area contributed by atoms with Gasteiger partial charge in [-0.2, -0.15) is 0 Å². The van der Waals surface area contributed by atoms with Gasteiger partial charge in [-0.15, -0.1) is 0 Å². The lowest BCUT2D eigenvalue weighted by Gasteiger charge is -2.33. The van der Waals surface area contributed by atoms with Crippen LogP contribution < -0.4 is 11.1 Å². The molecule has 0 aromatic heterocycles. The molecule has 1 saturated heterocycles. The van der Waals surface area contributed by atoms with E-state index < -0.39 is 0 Å². The van der Waals surface area contributed by atoms with Gasteiger partial charge in [0.15, 0.2) is 0 Å². The van der Waals surface area contributed by atoms with Crippen LogP contribution in [-0.2, 0) is 4.79 Å². The van der Waals surface area contributed by atoms with Crippen LogP contribution in [0.25, 0.3) is 0 Å².